The molecule has 2 heterocycles. The van der Waals surface area contributed by atoms with E-state index in [1.54, 1.807) is 18.4 Å². The van der Waals surface area contributed by atoms with E-state index in [9.17, 15) is 0 Å². The van der Waals surface area contributed by atoms with Gasteiger partial charge in [-0.05, 0) is 19.3 Å². The SMILES string of the molecule is CN=C(NCc1nc(C(C)(C)C)cs1)N1CCC(OCCCOC)CC1.I. The topological polar surface area (TPSA) is 59.0 Å². The molecule has 0 aromatic carbocycles. The van der Waals surface area contributed by atoms with Crippen molar-refractivity contribution < 1.29 is 9.47 Å². The van der Waals surface area contributed by atoms with Crippen LogP contribution in [0.4, 0.5) is 0 Å². The van der Waals surface area contributed by atoms with Gasteiger partial charge in [0.1, 0.15) is 5.01 Å². The predicted octanol–water partition coefficient (Wildman–Crippen LogP) is 3.65. The van der Waals surface area contributed by atoms with Gasteiger partial charge in [0.2, 0.25) is 0 Å². The number of hydrogen-bond donors (Lipinski definition) is 1. The lowest BCUT2D eigenvalue weighted by Gasteiger charge is -2.34. The molecular formula is C19H35IN4O2S. The molecule has 1 N–H and O–H groups in total. The van der Waals surface area contributed by atoms with Gasteiger partial charge in [-0.1, -0.05) is 20.8 Å². The number of halogens is 1. The molecule has 1 aliphatic heterocycles. The number of guanidine groups is 1. The lowest BCUT2D eigenvalue weighted by molar-refractivity contribution is 0.00989. The first-order chi connectivity index (χ1) is 12.4. The second-order valence-electron chi connectivity index (χ2n) is 7.68. The number of aliphatic imine (C=N–C) groups is 1. The molecule has 0 amide bonds. The van der Waals surface area contributed by atoms with Crippen LogP contribution in [0.5, 0.6) is 0 Å². The normalized spacial score (nSPS) is 16.3. The Kier molecular flexibility index (Phi) is 11.1. The molecule has 27 heavy (non-hydrogen) atoms. The van der Waals surface area contributed by atoms with Crippen molar-refractivity contribution in [2.75, 3.05) is 40.5 Å². The maximum atomic E-state index is 5.94. The maximum absolute atomic E-state index is 5.94. The largest absolute Gasteiger partial charge is 0.385 e. The van der Waals surface area contributed by atoms with E-state index in [0.29, 0.717) is 6.10 Å². The maximum Gasteiger partial charge on any atom is 0.193 e. The Balaban J connectivity index is 0.00000364. The van der Waals surface area contributed by atoms with Gasteiger partial charge in [0.05, 0.1) is 18.3 Å². The van der Waals surface area contributed by atoms with E-state index in [-0.39, 0.29) is 29.4 Å². The van der Waals surface area contributed by atoms with Crippen molar-refractivity contribution in [2.45, 2.75) is 58.1 Å². The van der Waals surface area contributed by atoms with Gasteiger partial charge in [-0.15, -0.1) is 35.3 Å². The van der Waals surface area contributed by atoms with Gasteiger partial charge in [0.15, 0.2) is 5.96 Å². The van der Waals surface area contributed by atoms with Crippen LogP contribution in [-0.4, -0.2) is 62.4 Å². The number of ether oxygens (including phenoxy) is 2. The Hall–Kier alpha value is -0.450. The van der Waals surface area contributed by atoms with Crippen molar-refractivity contribution in [2.24, 2.45) is 4.99 Å². The van der Waals surface area contributed by atoms with Crippen molar-refractivity contribution in [1.29, 1.82) is 0 Å². The average molecular weight is 510 g/mol. The Bertz CT molecular complexity index is 566. The summed E-state index contributed by atoms with van der Waals surface area (Å²) in [6.07, 6.45) is 3.40. The van der Waals surface area contributed by atoms with Crippen molar-refractivity contribution in [1.82, 2.24) is 15.2 Å². The number of hydrogen-bond acceptors (Lipinski definition) is 5. The third-order valence-electron chi connectivity index (χ3n) is 4.52. The number of rotatable bonds is 7. The van der Waals surface area contributed by atoms with E-state index in [1.165, 1.54) is 0 Å². The van der Waals surface area contributed by atoms with Crippen molar-refractivity contribution >= 4 is 41.3 Å². The van der Waals surface area contributed by atoms with Crippen LogP contribution in [0.3, 0.4) is 0 Å². The highest BCUT2D eigenvalue weighted by molar-refractivity contribution is 14.0. The number of nitrogens with one attached hydrogen (secondary N) is 1. The molecular weight excluding hydrogens is 475 g/mol. The zero-order valence-electron chi connectivity index (χ0n) is 17.3. The monoisotopic (exact) mass is 510 g/mol. The Morgan fingerprint density at radius 3 is 2.59 bits per heavy atom. The lowest BCUT2D eigenvalue weighted by Crippen LogP contribution is -2.46. The summed E-state index contributed by atoms with van der Waals surface area (Å²) >= 11 is 1.71. The van der Waals surface area contributed by atoms with Gasteiger partial charge in [0.25, 0.3) is 0 Å². The number of piperidine rings is 1. The molecule has 8 heteroatoms. The summed E-state index contributed by atoms with van der Waals surface area (Å²) in [5.74, 6) is 0.954. The molecule has 2 rings (SSSR count). The van der Waals surface area contributed by atoms with E-state index >= 15 is 0 Å². The molecule has 1 aliphatic rings. The van der Waals surface area contributed by atoms with E-state index < -0.39 is 0 Å². The smallest absolute Gasteiger partial charge is 0.193 e. The quantitative estimate of drug-likeness (QED) is 0.263. The van der Waals surface area contributed by atoms with Crippen molar-refractivity contribution in [3.8, 4) is 0 Å². The summed E-state index contributed by atoms with van der Waals surface area (Å²) in [5.41, 5.74) is 1.25. The molecule has 1 aromatic heterocycles. The predicted molar refractivity (Wildman–Crippen MR) is 123 cm³/mol. The summed E-state index contributed by atoms with van der Waals surface area (Å²) in [6.45, 7) is 10.8. The second-order valence-corrected chi connectivity index (χ2v) is 8.62. The highest BCUT2D eigenvalue weighted by atomic mass is 127. The highest BCUT2D eigenvalue weighted by Gasteiger charge is 2.22. The summed E-state index contributed by atoms with van der Waals surface area (Å²) in [5, 5.41) is 6.72. The van der Waals surface area contributed by atoms with Gasteiger partial charge in [0, 0.05) is 51.3 Å². The number of aromatic nitrogens is 1. The Labute approximate surface area is 185 Å². The molecule has 1 fully saturated rings. The molecule has 6 nitrogen and oxygen atoms in total. The first-order valence-electron chi connectivity index (χ1n) is 9.45. The zero-order valence-corrected chi connectivity index (χ0v) is 20.4. The Morgan fingerprint density at radius 1 is 1.33 bits per heavy atom. The highest BCUT2D eigenvalue weighted by Crippen LogP contribution is 2.23. The van der Waals surface area contributed by atoms with Gasteiger partial charge in [-0.2, -0.15) is 0 Å². The molecule has 156 valence electrons. The molecule has 0 unspecified atom stereocenters. The fourth-order valence-corrected chi connectivity index (χ4v) is 3.87. The number of nitrogens with zero attached hydrogens (tertiary/aromatic N) is 3. The second kappa shape index (κ2) is 12.2. The third-order valence-corrected chi connectivity index (χ3v) is 5.37. The summed E-state index contributed by atoms with van der Waals surface area (Å²) in [4.78, 5) is 11.5. The van der Waals surface area contributed by atoms with Crippen LogP contribution in [0.15, 0.2) is 10.4 Å². The van der Waals surface area contributed by atoms with Crippen LogP contribution in [0, 0.1) is 0 Å². The fourth-order valence-electron chi connectivity index (χ4n) is 2.91. The van der Waals surface area contributed by atoms with Crippen molar-refractivity contribution in [3.63, 3.8) is 0 Å². The van der Waals surface area contributed by atoms with Crippen LogP contribution >= 0.6 is 35.3 Å². The first-order valence-corrected chi connectivity index (χ1v) is 10.3. The van der Waals surface area contributed by atoms with Crippen LogP contribution in [0.2, 0.25) is 0 Å². The molecule has 0 saturated carbocycles. The van der Waals surface area contributed by atoms with Crippen molar-refractivity contribution in [3.05, 3.63) is 16.1 Å². The van der Waals surface area contributed by atoms with Crippen LogP contribution < -0.4 is 5.32 Å². The standard InChI is InChI=1S/C19H34N4O2S.HI/c1-19(2,3)16-14-26-17(22-16)13-21-18(20-4)23-9-7-15(8-10-23)25-12-6-11-24-5;/h14-15H,6-13H2,1-5H3,(H,20,21);1H. The van der Waals surface area contributed by atoms with Crippen LogP contribution in [-0.2, 0) is 21.4 Å². The van der Waals surface area contributed by atoms with Crippen LogP contribution in [0.25, 0.3) is 0 Å². The van der Waals surface area contributed by atoms with Gasteiger partial charge < -0.3 is 19.7 Å². The molecule has 0 bridgehead atoms. The first kappa shape index (κ1) is 24.6. The van der Waals surface area contributed by atoms with Gasteiger partial charge >= 0.3 is 0 Å². The molecule has 0 atom stereocenters. The van der Waals surface area contributed by atoms with Crippen LogP contribution in [0.1, 0.15) is 50.7 Å². The minimum atomic E-state index is 0. The minimum absolute atomic E-state index is 0. The lowest BCUT2D eigenvalue weighted by atomic mass is 9.93. The van der Waals surface area contributed by atoms with E-state index in [4.69, 9.17) is 14.5 Å². The average Bonchev–Trinajstić information content (AvgIpc) is 3.10. The molecule has 0 radical (unpaired) electrons. The summed E-state index contributed by atoms with van der Waals surface area (Å²) in [6, 6.07) is 0. The summed E-state index contributed by atoms with van der Waals surface area (Å²) in [7, 11) is 3.57. The zero-order chi connectivity index (χ0) is 19.0. The summed E-state index contributed by atoms with van der Waals surface area (Å²) < 4.78 is 11.0. The molecule has 1 saturated heterocycles. The number of thiazole rings is 1. The van der Waals surface area contributed by atoms with E-state index in [0.717, 1.165) is 68.8 Å². The molecule has 0 spiro atoms. The van der Waals surface area contributed by atoms with Gasteiger partial charge in [-0.25, -0.2) is 4.98 Å². The molecule has 1 aromatic rings. The van der Waals surface area contributed by atoms with Gasteiger partial charge in [-0.3, -0.25) is 4.99 Å². The third kappa shape index (κ3) is 8.21. The Morgan fingerprint density at radius 2 is 2.04 bits per heavy atom. The number of likely N-dealkylation sites (tertiary alicyclic amines) is 1. The molecule has 0 aliphatic carbocycles. The van der Waals surface area contributed by atoms with E-state index in [1.807, 2.05) is 7.05 Å². The number of methoxy groups -OCH3 is 1. The fraction of sp³-hybridized carbons (Fsp3) is 0.789. The minimum Gasteiger partial charge on any atom is -0.385 e. The van der Waals surface area contributed by atoms with E-state index in [2.05, 4.69) is 41.4 Å².